The van der Waals surface area contributed by atoms with E-state index in [1.165, 1.54) is 6.07 Å². The van der Waals surface area contributed by atoms with Crippen LogP contribution in [0.15, 0.2) is 12.1 Å². The molecular formula is C13H18ClFN2O2. The quantitative estimate of drug-likeness (QED) is 0.613. The van der Waals surface area contributed by atoms with Crippen molar-refractivity contribution >= 4 is 23.0 Å². The van der Waals surface area contributed by atoms with Gasteiger partial charge in [0.2, 0.25) is 0 Å². The van der Waals surface area contributed by atoms with E-state index in [0.29, 0.717) is 5.92 Å². The largest absolute Gasteiger partial charge is 0.377 e. The Bertz CT molecular complexity index is 468. The van der Waals surface area contributed by atoms with Gasteiger partial charge in [-0.15, -0.1) is 0 Å². The van der Waals surface area contributed by atoms with Crippen molar-refractivity contribution in [2.24, 2.45) is 5.92 Å². The number of rotatable bonds is 6. The van der Waals surface area contributed by atoms with Crippen LogP contribution in [0.1, 0.15) is 33.6 Å². The molecule has 1 rings (SSSR count). The lowest BCUT2D eigenvalue weighted by molar-refractivity contribution is -0.384. The predicted molar refractivity (Wildman–Crippen MR) is 75.2 cm³/mol. The summed E-state index contributed by atoms with van der Waals surface area (Å²) in [5, 5.41) is 13.8. The summed E-state index contributed by atoms with van der Waals surface area (Å²) in [5.74, 6) is -0.272. The highest BCUT2D eigenvalue weighted by atomic mass is 35.5. The smallest absolute Gasteiger partial charge is 0.295 e. The van der Waals surface area contributed by atoms with Gasteiger partial charge in [-0.25, -0.2) is 4.39 Å². The van der Waals surface area contributed by atoms with E-state index in [0.717, 1.165) is 18.9 Å². The van der Waals surface area contributed by atoms with E-state index in [4.69, 9.17) is 11.6 Å². The molecule has 1 N–H and O–H groups in total. The number of hydrogen-bond donors (Lipinski definition) is 1. The molecule has 0 heterocycles. The molecule has 0 saturated heterocycles. The van der Waals surface area contributed by atoms with E-state index in [1.54, 1.807) is 0 Å². The zero-order chi connectivity index (χ0) is 14.6. The molecule has 0 saturated carbocycles. The molecule has 0 aliphatic carbocycles. The highest BCUT2D eigenvalue weighted by Gasteiger charge is 2.19. The Hall–Kier alpha value is -1.36. The third-order valence-corrected chi connectivity index (χ3v) is 3.38. The highest BCUT2D eigenvalue weighted by molar-refractivity contribution is 6.31. The fourth-order valence-corrected chi connectivity index (χ4v) is 2.06. The van der Waals surface area contributed by atoms with Gasteiger partial charge in [0.05, 0.1) is 16.0 Å². The first kappa shape index (κ1) is 15.7. The lowest BCUT2D eigenvalue weighted by Gasteiger charge is -2.18. The first-order valence-electron chi connectivity index (χ1n) is 6.25. The summed E-state index contributed by atoms with van der Waals surface area (Å²) < 4.78 is 13.3. The molecule has 0 aromatic heterocycles. The summed E-state index contributed by atoms with van der Waals surface area (Å²) in [5.41, 5.74) is -0.0369. The monoisotopic (exact) mass is 288 g/mol. The Balaban J connectivity index is 2.93. The summed E-state index contributed by atoms with van der Waals surface area (Å²) in [4.78, 5) is 10.3. The van der Waals surface area contributed by atoms with E-state index >= 15 is 0 Å². The van der Waals surface area contributed by atoms with E-state index < -0.39 is 10.7 Å². The van der Waals surface area contributed by atoms with Gasteiger partial charge >= 0.3 is 0 Å². The summed E-state index contributed by atoms with van der Waals surface area (Å²) in [6, 6.07) is 2.16. The second kappa shape index (κ2) is 6.70. The third-order valence-electron chi connectivity index (χ3n) is 3.09. The van der Waals surface area contributed by atoms with E-state index in [9.17, 15) is 14.5 Å². The lowest BCUT2D eigenvalue weighted by atomic mass is 10.00. The molecule has 2 atom stereocenters. The van der Waals surface area contributed by atoms with E-state index in [-0.39, 0.29) is 22.4 Å². The molecule has 0 amide bonds. The van der Waals surface area contributed by atoms with Crippen LogP contribution in [0.2, 0.25) is 5.02 Å². The number of hydrogen-bond acceptors (Lipinski definition) is 3. The summed E-state index contributed by atoms with van der Waals surface area (Å²) in [6.07, 6.45) is 1.92. The number of nitro groups is 1. The second-order valence-corrected chi connectivity index (χ2v) is 5.24. The van der Waals surface area contributed by atoms with Crippen molar-refractivity contribution in [1.82, 2.24) is 0 Å². The minimum atomic E-state index is -0.784. The molecule has 0 fully saturated rings. The van der Waals surface area contributed by atoms with E-state index in [1.807, 2.05) is 6.92 Å². The van der Waals surface area contributed by atoms with Crippen molar-refractivity contribution in [2.45, 2.75) is 39.7 Å². The minimum Gasteiger partial charge on any atom is -0.377 e. The van der Waals surface area contributed by atoms with Crippen LogP contribution in [0.3, 0.4) is 0 Å². The topological polar surface area (TPSA) is 55.2 Å². The van der Waals surface area contributed by atoms with Crippen molar-refractivity contribution in [3.8, 4) is 0 Å². The molecule has 0 radical (unpaired) electrons. The van der Waals surface area contributed by atoms with Crippen LogP contribution >= 0.6 is 11.6 Å². The maximum Gasteiger partial charge on any atom is 0.295 e. The van der Waals surface area contributed by atoms with Gasteiger partial charge in [0.1, 0.15) is 11.5 Å². The zero-order valence-corrected chi connectivity index (χ0v) is 12.0. The first-order chi connectivity index (χ1) is 8.85. The molecule has 2 unspecified atom stereocenters. The molecule has 0 spiro atoms. The molecule has 106 valence electrons. The van der Waals surface area contributed by atoms with Gasteiger partial charge in [0, 0.05) is 6.04 Å². The SMILES string of the molecule is CCC(C)CC(C)Nc1cc(Cl)c(F)cc1[N+](=O)[O-]. The summed E-state index contributed by atoms with van der Waals surface area (Å²) >= 11 is 5.67. The Morgan fingerprint density at radius 2 is 2.11 bits per heavy atom. The molecule has 0 aliphatic rings. The average Bonchev–Trinajstić information content (AvgIpc) is 2.32. The molecule has 1 aromatic rings. The van der Waals surface area contributed by atoms with Gasteiger partial charge in [-0.05, 0) is 25.3 Å². The fraction of sp³-hybridized carbons (Fsp3) is 0.538. The van der Waals surface area contributed by atoms with Gasteiger partial charge in [0.15, 0.2) is 0 Å². The Kier molecular flexibility index (Phi) is 5.54. The van der Waals surface area contributed by atoms with Crippen LogP contribution in [0.4, 0.5) is 15.8 Å². The maximum atomic E-state index is 13.3. The molecule has 4 nitrogen and oxygen atoms in total. The van der Waals surface area contributed by atoms with Crippen LogP contribution in [-0.2, 0) is 0 Å². The molecule has 0 aliphatic heterocycles. The molecule has 0 bridgehead atoms. The Labute approximate surface area is 117 Å². The number of nitrogens with one attached hydrogen (secondary N) is 1. The number of nitrogens with zero attached hydrogens (tertiary/aromatic N) is 1. The molecular weight excluding hydrogens is 271 g/mol. The van der Waals surface area contributed by atoms with Gasteiger partial charge in [-0.3, -0.25) is 10.1 Å². The summed E-state index contributed by atoms with van der Waals surface area (Å²) in [7, 11) is 0. The van der Waals surface area contributed by atoms with Crippen molar-refractivity contribution in [3.05, 3.63) is 33.1 Å². The second-order valence-electron chi connectivity index (χ2n) is 4.84. The Morgan fingerprint density at radius 1 is 1.47 bits per heavy atom. The minimum absolute atomic E-state index is 0.0511. The van der Waals surface area contributed by atoms with Crippen molar-refractivity contribution in [1.29, 1.82) is 0 Å². The normalized spacial score (nSPS) is 13.9. The number of halogens is 2. The highest BCUT2D eigenvalue weighted by Crippen LogP contribution is 2.31. The molecule has 6 heteroatoms. The van der Waals surface area contributed by atoms with Crippen LogP contribution in [0.25, 0.3) is 0 Å². The van der Waals surface area contributed by atoms with Gasteiger partial charge in [0.25, 0.3) is 5.69 Å². The number of benzene rings is 1. The van der Waals surface area contributed by atoms with Crippen molar-refractivity contribution in [2.75, 3.05) is 5.32 Å². The van der Waals surface area contributed by atoms with Gasteiger partial charge < -0.3 is 5.32 Å². The zero-order valence-electron chi connectivity index (χ0n) is 11.2. The van der Waals surface area contributed by atoms with Gasteiger partial charge in [-0.2, -0.15) is 0 Å². The first-order valence-corrected chi connectivity index (χ1v) is 6.62. The van der Waals surface area contributed by atoms with Crippen LogP contribution in [0.5, 0.6) is 0 Å². The Morgan fingerprint density at radius 3 is 2.63 bits per heavy atom. The van der Waals surface area contributed by atoms with E-state index in [2.05, 4.69) is 19.2 Å². The standard InChI is InChI=1S/C13H18ClFN2O2/c1-4-8(2)5-9(3)16-12-6-10(14)11(15)7-13(12)17(18)19/h6-9,16H,4-5H2,1-3H3. The number of anilines is 1. The predicted octanol–water partition coefficient (Wildman–Crippen LogP) is 4.62. The average molecular weight is 289 g/mol. The summed E-state index contributed by atoms with van der Waals surface area (Å²) in [6.45, 7) is 6.14. The fourth-order valence-electron chi connectivity index (χ4n) is 1.90. The lowest BCUT2D eigenvalue weighted by Crippen LogP contribution is -2.19. The van der Waals surface area contributed by atoms with Crippen LogP contribution < -0.4 is 5.32 Å². The molecule has 1 aromatic carbocycles. The number of nitro benzene ring substituents is 1. The van der Waals surface area contributed by atoms with Crippen LogP contribution in [0, 0.1) is 21.8 Å². The van der Waals surface area contributed by atoms with Crippen LogP contribution in [-0.4, -0.2) is 11.0 Å². The maximum absolute atomic E-state index is 13.3. The van der Waals surface area contributed by atoms with Crippen molar-refractivity contribution < 1.29 is 9.31 Å². The van der Waals surface area contributed by atoms with Crippen molar-refractivity contribution in [3.63, 3.8) is 0 Å². The third kappa shape index (κ3) is 4.35. The van der Waals surface area contributed by atoms with Gasteiger partial charge in [-0.1, -0.05) is 31.9 Å². The molecule has 19 heavy (non-hydrogen) atoms.